The second-order valence-electron chi connectivity index (χ2n) is 7.16. The average Bonchev–Trinajstić information content (AvgIpc) is 2.71. The zero-order chi connectivity index (χ0) is 21.2. The van der Waals surface area contributed by atoms with Gasteiger partial charge in [0.1, 0.15) is 18.4 Å². The van der Waals surface area contributed by atoms with E-state index in [0.29, 0.717) is 44.2 Å². The van der Waals surface area contributed by atoms with Gasteiger partial charge in [0.2, 0.25) is 5.91 Å². The molecule has 1 saturated heterocycles. The maximum absolute atomic E-state index is 12.9. The molecule has 0 aromatic heterocycles. The number of carbonyl (C=O) groups excluding carboxylic acids is 3. The van der Waals surface area contributed by atoms with Gasteiger partial charge in [-0.25, -0.2) is 0 Å². The van der Waals surface area contributed by atoms with E-state index in [0.717, 1.165) is 0 Å². The van der Waals surface area contributed by atoms with E-state index in [1.54, 1.807) is 24.3 Å². The molecule has 1 atom stereocenters. The van der Waals surface area contributed by atoms with Crippen molar-refractivity contribution in [2.45, 2.75) is 33.2 Å². The molecule has 8 nitrogen and oxygen atoms in total. The van der Waals surface area contributed by atoms with Crippen LogP contribution in [0.25, 0.3) is 0 Å². The minimum Gasteiger partial charge on any atom is -0.491 e. The fourth-order valence-corrected chi connectivity index (χ4v) is 2.86. The van der Waals surface area contributed by atoms with Crippen LogP contribution in [0.5, 0.6) is 5.75 Å². The fourth-order valence-electron chi connectivity index (χ4n) is 2.86. The van der Waals surface area contributed by atoms with Crippen molar-refractivity contribution in [3.8, 4) is 5.75 Å². The van der Waals surface area contributed by atoms with Gasteiger partial charge >= 0.3 is 5.97 Å². The van der Waals surface area contributed by atoms with Crippen molar-refractivity contribution in [1.82, 2.24) is 10.2 Å². The van der Waals surface area contributed by atoms with E-state index in [-0.39, 0.29) is 30.8 Å². The highest BCUT2D eigenvalue weighted by molar-refractivity contribution is 5.99. The molecule has 0 aliphatic carbocycles. The number of amides is 2. The van der Waals surface area contributed by atoms with Crippen LogP contribution in [0.3, 0.4) is 0 Å². The Morgan fingerprint density at radius 1 is 1.21 bits per heavy atom. The topological polar surface area (TPSA) is 94.2 Å². The molecular weight excluding hydrogens is 376 g/mol. The maximum atomic E-state index is 12.9. The summed E-state index contributed by atoms with van der Waals surface area (Å²) in [6, 6.07) is 5.83. The molecule has 160 valence electrons. The summed E-state index contributed by atoms with van der Waals surface area (Å²) >= 11 is 0. The van der Waals surface area contributed by atoms with Gasteiger partial charge in [0.25, 0.3) is 5.91 Å². The lowest BCUT2D eigenvalue weighted by Gasteiger charge is -2.34. The summed E-state index contributed by atoms with van der Waals surface area (Å²) in [5.41, 5.74) is 0.428. The van der Waals surface area contributed by atoms with Crippen LogP contribution in [0.1, 0.15) is 37.6 Å². The number of nitrogens with one attached hydrogen (secondary N) is 1. The summed E-state index contributed by atoms with van der Waals surface area (Å²) < 4.78 is 15.9. The van der Waals surface area contributed by atoms with Gasteiger partial charge in [0, 0.05) is 25.3 Å². The van der Waals surface area contributed by atoms with E-state index in [9.17, 15) is 14.4 Å². The van der Waals surface area contributed by atoms with Crippen LogP contribution in [0.4, 0.5) is 0 Å². The van der Waals surface area contributed by atoms with Crippen LogP contribution in [0.2, 0.25) is 0 Å². The zero-order valence-electron chi connectivity index (χ0n) is 17.3. The van der Waals surface area contributed by atoms with Crippen LogP contribution < -0.4 is 10.1 Å². The number of esters is 1. The van der Waals surface area contributed by atoms with Crippen molar-refractivity contribution in [2.75, 3.05) is 39.5 Å². The number of ether oxygens (including phenoxy) is 3. The molecule has 1 aliphatic rings. The molecule has 2 rings (SSSR count). The van der Waals surface area contributed by atoms with Crippen LogP contribution >= 0.6 is 0 Å². The Bertz CT molecular complexity index is 689. The predicted octanol–water partition coefficient (Wildman–Crippen LogP) is 1.63. The summed E-state index contributed by atoms with van der Waals surface area (Å²) in [5, 5.41) is 2.71. The lowest BCUT2D eigenvalue weighted by atomic mass is 10.1. The second kappa shape index (κ2) is 11.4. The van der Waals surface area contributed by atoms with Crippen LogP contribution in [0.15, 0.2) is 24.3 Å². The van der Waals surface area contributed by atoms with Gasteiger partial charge < -0.3 is 24.4 Å². The van der Waals surface area contributed by atoms with Gasteiger partial charge in [-0.15, -0.1) is 0 Å². The first-order valence-electron chi connectivity index (χ1n) is 9.97. The molecule has 1 aliphatic heterocycles. The first kappa shape index (κ1) is 22.7. The number of benzene rings is 1. The Balaban J connectivity index is 2.00. The monoisotopic (exact) mass is 406 g/mol. The Kier molecular flexibility index (Phi) is 8.92. The zero-order valence-corrected chi connectivity index (χ0v) is 17.3. The van der Waals surface area contributed by atoms with Crippen molar-refractivity contribution in [3.63, 3.8) is 0 Å². The fraction of sp³-hybridized carbons (Fsp3) is 0.571. The molecule has 1 heterocycles. The maximum Gasteiger partial charge on any atom is 0.308 e. The number of hydrogen-bond acceptors (Lipinski definition) is 6. The Hall–Kier alpha value is -2.61. The van der Waals surface area contributed by atoms with Gasteiger partial charge in [0.05, 0.1) is 19.6 Å². The van der Waals surface area contributed by atoms with E-state index in [2.05, 4.69) is 5.32 Å². The van der Waals surface area contributed by atoms with Crippen LogP contribution in [0, 0.1) is 5.92 Å². The van der Waals surface area contributed by atoms with Crippen molar-refractivity contribution in [1.29, 1.82) is 0 Å². The van der Waals surface area contributed by atoms with E-state index in [1.165, 1.54) is 4.90 Å². The molecule has 1 unspecified atom stereocenters. The number of rotatable bonds is 10. The summed E-state index contributed by atoms with van der Waals surface area (Å²) in [4.78, 5) is 38.8. The number of nitrogens with zero attached hydrogens (tertiary/aromatic N) is 1. The lowest BCUT2D eigenvalue weighted by molar-refractivity contribution is -0.148. The van der Waals surface area contributed by atoms with E-state index < -0.39 is 12.0 Å². The van der Waals surface area contributed by atoms with Crippen LogP contribution in [-0.4, -0.2) is 68.2 Å². The highest BCUT2D eigenvalue weighted by Crippen LogP contribution is 2.18. The normalized spacial score (nSPS) is 16.5. The molecule has 8 heteroatoms. The molecule has 1 N–H and O–H groups in total. The van der Waals surface area contributed by atoms with Crippen molar-refractivity contribution in [3.05, 3.63) is 29.8 Å². The second-order valence-corrected chi connectivity index (χ2v) is 7.16. The summed E-state index contributed by atoms with van der Waals surface area (Å²) in [6.45, 7) is 8.29. The molecule has 0 bridgehead atoms. The van der Waals surface area contributed by atoms with E-state index in [4.69, 9.17) is 14.2 Å². The minimum absolute atomic E-state index is 0.164. The largest absolute Gasteiger partial charge is 0.491 e. The van der Waals surface area contributed by atoms with E-state index in [1.807, 2.05) is 20.8 Å². The lowest BCUT2D eigenvalue weighted by Crippen LogP contribution is -2.57. The highest BCUT2D eigenvalue weighted by atomic mass is 16.5. The quantitative estimate of drug-likeness (QED) is 0.469. The molecule has 1 aromatic carbocycles. The molecule has 1 aromatic rings. The molecule has 0 spiro atoms. The van der Waals surface area contributed by atoms with Gasteiger partial charge in [0.15, 0.2) is 0 Å². The average molecular weight is 406 g/mol. The predicted molar refractivity (Wildman–Crippen MR) is 107 cm³/mol. The summed E-state index contributed by atoms with van der Waals surface area (Å²) in [7, 11) is 0. The smallest absolute Gasteiger partial charge is 0.308 e. The minimum atomic E-state index is -0.877. The number of carbonyl (C=O) groups is 3. The van der Waals surface area contributed by atoms with Gasteiger partial charge in [-0.05, 0) is 37.1 Å². The standard InChI is InChI=1S/C21H30N2O6/c1-4-27-11-12-28-17-7-5-16(6-8-17)21(26)23-10-9-22-20(25)18(23)13-19(24)29-14-15(2)3/h5-8,15,18H,4,9-14H2,1-3H3,(H,22,25). The first-order chi connectivity index (χ1) is 13.9. The van der Waals surface area contributed by atoms with Crippen LogP contribution in [-0.2, 0) is 19.1 Å². The molecule has 1 fully saturated rings. The third-order valence-electron chi connectivity index (χ3n) is 4.33. The SMILES string of the molecule is CCOCCOc1ccc(C(=O)N2CCNC(=O)C2CC(=O)OCC(C)C)cc1. The summed E-state index contributed by atoms with van der Waals surface area (Å²) in [5.74, 6) is -0.307. The molecule has 0 saturated carbocycles. The third-order valence-corrected chi connectivity index (χ3v) is 4.33. The molecular formula is C21H30N2O6. The molecule has 29 heavy (non-hydrogen) atoms. The van der Waals surface area contributed by atoms with Crippen molar-refractivity contribution >= 4 is 17.8 Å². The Morgan fingerprint density at radius 3 is 2.59 bits per heavy atom. The highest BCUT2D eigenvalue weighted by Gasteiger charge is 2.35. The van der Waals surface area contributed by atoms with Crippen molar-refractivity contribution in [2.24, 2.45) is 5.92 Å². The Labute approximate surface area is 171 Å². The molecule has 0 radical (unpaired) electrons. The summed E-state index contributed by atoms with van der Waals surface area (Å²) in [6.07, 6.45) is -0.164. The molecule has 2 amide bonds. The Morgan fingerprint density at radius 2 is 1.93 bits per heavy atom. The third kappa shape index (κ3) is 7.05. The number of hydrogen-bond donors (Lipinski definition) is 1. The van der Waals surface area contributed by atoms with Gasteiger partial charge in [-0.2, -0.15) is 0 Å². The van der Waals surface area contributed by atoms with Crippen molar-refractivity contribution < 1.29 is 28.6 Å². The van der Waals surface area contributed by atoms with E-state index >= 15 is 0 Å². The number of piperazine rings is 1. The van der Waals surface area contributed by atoms with Gasteiger partial charge in [-0.3, -0.25) is 14.4 Å². The first-order valence-corrected chi connectivity index (χ1v) is 9.97. The van der Waals surface area contributed by atoms with Gasteiger partial charge in [-0.1, -0.05) is 13.8 Å².